The molecule has 0 amide bonds. The molecule has 2 nitrogen and oxygen atoms in total. The molecule has 0 atom stereocenters. The minimum Gasteiger partial charge on any atom is -0.508 e. The Kier molecular flexibility index (Phi) is 3.04. The first kappa shape index (κ1) is 12.5. The van der Waals surface area contributed by atoms with Gasteiger partial charge in [0.25, 0.3) is 0 Å². The van der Waals surface area contributed by atoms with Gasteiger partial charge in [0.15, 0.2) is 0 Å². The van der Waals surface area contributed by atoms with Gasteiger partial charge in [-0.1, -0.05) is 38.1 Å². The highest BCUT2D eigenvalue weighted by Gasteiger charge is 2.23. The maximum Gasteiger partial charge on any atom is 0.118 e. The van der Waals surface area contributed by atoms with E-state index in [9.17, 15) is 10.2 Å². The van der Waals surface area contributed by atoms with E-state index in [0.717, 1.165) is 16.7 Å². The fourth-order valence-electron chi connectivity index (χ4n) is 2.04. The number of hydrogen-bond acceptors (Lipinski definition) is 2. The molecule has 0 heterocycles. The summed E-state index contributed by atoms with van der Waals surface area (Å²) in [7, 11) is 0. The van der Waals surface area contributed by atoms with Crippen molar-refractivity contribution >= 4 is 0 Å². The molecule has 0 unspecified atom stereocenters. The molecule has 0 fully saturated rings. The van der Waals surface area contributed by atoms with Crippen LogP contribution >= 0.6 is 0 Å². The molecule has 0 aliphatic rings. The van der Waals surface area contributed by atoms with E-state index in [4.69, 9.17) is 0 Å². The molecule has 2 aromatic carbocycles. The van der Waals surface area contributed by atoms with Crippen LogP contribution in [0.15, 0.2) is 42.5 Å². The average molecular weight is 242 g/mol. The lowest BCUT2D eigenvalue weighted by atomic mass is 9.78. The Bertz CT molecular complexity index is 554. The SMILES string of the molecule is Cc1ccc(C(C)(C)c2ccc(O)cc2)cc1O. The second-order valence-electron chi connectivity index (χ2n) is 5.17. The Labute approximate surface area is 108 Å². The summed E-state index contributed by atoms with van der Waals surface area (Å²) in [5.41, 5.74) is 2.82. The van der Waals surface area contributed by atoms with Gasteiger partial charge < -0.3 is 10.2 Å². The largest absolute Gasteiger partial charge is 0.508 e. The van der Waals surface area contributed by atoms with E-state index in [-0.39, 0.29) is 11.2 Å². The van der Waals surface area contributed by atoms with Crippen molar-refractivity contribution in [2.45, 2.75) is 26.2 Å². The average Bonchev–Trinajstić information content (AvgIpc) is 2.33. The van der Waals surface area contributed by atoms with Gasteiger partial charge in [0.05, 0.1) is 0 Å². The van der Waals surface area contributed by atoms with E-state index in [2.05, 4.69) is 13.8 Å². The molecule has 0 aromatic heterocycles. The predicted octanol–water partition coefficient (Wildman–Crippen LogP) is 3.73. The third kappa shape index (κ3) is 2.19. The molecule has 0 aliphatic heterocycles. The zero-order chi connectivity index (χ0) is 13.3. The number of phenols is 2. The van der Waals surface area contributed by atoms with Crippen LogP contribution in [0.4, 0.5) is 0 Å². The van der Waals surface area contributed by atoms with Crippen LogP contribution in [0.3, 0.4) is 0 Å². The molecular weight excluding hydrogens is 224 g/mol. The summed E-state index contributed by atoms with van der Waals surface area (Å²) in [6.45, 7) is 6.08. The minimum absolute atomic E-state index is 0.209. The normalized spacial score (nSPS) is 11.5. The molecule has 18 heavy (non-hydrogen) atoms. The van der Waals surface area contributed by atoms with Crippen LogP contribution in [-0.4, -0.2) is 10.2 Å². The molecule has 0 aliphatic carbocycles. The van der Waals surface area contributed by atoms with Gasteiger partial charge in [0.2, 0.25) is 0 Å². The monoisotopic (exact) mass is 242 g/mol. The topological polar surface area (TPSA) is 40.5 Å². The summed E-state index contributed by atoms with van der Waals surface area (Å²) in [6.07, 6.45) is 0. The highest BCUT2D eigenvalue weighted by molar-refractivity contribution is 5.44. The van der Waals surface area contributed by atoms with Crippen LogP contribution in [0.1, 0.15) is 30.5 Å². The van der Waals surface area contributed by atoms with E-state index in [1.165, 1.54) is 0 Å². The first-order valence-electron chi connectivity index (χ1n) is 6.01. The number of hydrogen-bond donors (Lipinski definition) is 2. The Morgan fingerprint density at radius 2 is 1.39 bits per heavy atom. The molecule has 2 rings (SSSR count). The standard InChI is InChI=1S/C16H18O2/c1-11-4-5-13(10-15(11)18)16(2,3)12-6-8-14(17)9-7-12/h4-10,17-18H,1-3H3. The van der Waals surface area contributed by atoms with E-state index in [1.54, 1.807) is 12.1 Å². The van der Waals surface area contributed by atoms with Crippen LogP contribution in [-0.2, 0) is 5.41 Å². The van der Waals surface area contributed by atoms with Crippen molar-refractivity contribution in [3.8, 4) is 11.5 Å². The summed E-state index contributed by atoms with van der Waals surface area (Å²) in [4.78, 5) is 0. The number of aromatic hydroxyl groups is 2. The Morgan fingerprint density at radius 3 is 1.94 bits per heavy atom. The van der Waals surface area contributed by atoms with Crippen LogP contribution in [0.5, 0.6) is 11.5 Å². The smallest absolute Gasteiger partial charge is 0.118 e. The maximum atomic E-state index is 9.81. The molecular formula is C16H18O2. The number of aryl methyl sites for hydroxylation is 1. The first-order chi connectivity index (χ1) is 8.41. The lowest BCUT2D eigenvalue weighted by molar-refractivity contribution is 0.467. The van der Waals surface area contributed by atoms with Gasteiger partial charge in [0, 0.05) is 5.41 Å². The fourth-order valence-corrected chi connectivity index (χ4v) is 2.04. The Morgan fingerprint density at radius 1 is 0.833 bits per heavy atom. The summed E-state index contributed by atoms with van der Waals surface area (Å²) in [6, 6.07) is 13.0. The lowest BCUT2D eigenvalue weighted by Gasteiger charge is -2.26. The molecule has 2 aromatic rings. The molecule has 0 saturated heterocycles. The van der Waals surface area contributed by atoms with Gasteiger partial charge in [-0.05, 0) is 41.8 Å². The Hall–Kier alpha value is -1.96. The molecule has 2 heteroatoms. The molecule has 2 N–H and O–H groups in total. The maximum absolute atomic E-state index is 9.81. The zero-order valence-electron chi connectivity index (χ0n) is 10.9. The summed E-state index contributed by atoms with van der Waals surface area (Å²) < 4.78 is 0. The minimum atomic E-state index is -0.209. The molecule has 94 valence electrons. The van der Waals surface area contributed by atoms with E-state index in [0.29, 0.717) is 5.75 Å². The first-order valence-corrected chi connectivity index (χ1v) is 6.01. The van der Waals surface area contributed by atoms with Gasteiger partial charge in [-0.25, -0.2) is 0 Å². The summed E-state index contributed by atoms with van der Waals surface area (Å²) >= 11 is 0. The van der Waals surface area contributed by atoms with E-state index < -0.39 is 0 Å². The van der Waals surface area contributed by atoms with Crippen molar-refractivity contribution in [1.82, 2.24) is 0 Å². The van der Waals surface area contributed by atoms with Crippen LogP contribution in [0.25, 0.3) is 0 Å². The fraction of sp³-hybridized carbons (Fsp3) is 0.250. The quantitative estimate of drug-likeness (QED) is 0.842. The lowest BCUT2D eigenvalue weighted by Crippen LogP contribution is -2.18. The van der Waals surface area contributed by atoms with Crippen molar-refractivity contribution < 1.29 is 10.2 Å². The Balaban J connectivity index is 2.46. The van der Waals surface area contributed by atoms with Crippen LogP contribution in [0, 0.1) is 6.92 Å². The molecule has 0 saturated carbocycles. The number of phenolic OH excluding ortho intramolecular Hbond substituents is 2. The van der Waals surface area contributed by atoms with Crippen molar-refractivity contribution in [3.05, 3.63) is 59.2 Å². The van der Waals surface area contributed by atoms with E-state index in [1.807, 2.05) is 37.3 Å². The zero-order valence-corrected chi connectivity index (χ0v) is 10.9. The second-order valence-corrected chi connectivity index (χ2v) is 5.17. The summed E-state index contributed by atoms with van der Waals surface area (Å²) in [5, 5.41) is 19.1. The third-order valence-electron chi connectivity index (χ3n) is 3.52. The van der Waals surface area contributed by atoms with Crippen molar-refractivity contribution in [2.75, 3.05) is 0 Å². The van der Waals surface area contributed by atoms with Gasteiger partial charge in [-0.2, -0.15) is 0 Å². The number of rotatable bonds is 2. The predicted molar refractivity (Wildman–Crippen MR) is 73.1 cm³/mol. The van der Waals surface area contributed by atoms with Crippen molar-refractivity contribution in [2.24, 2.45) is 0 Å². The van der Waals surface area contributed by atoms with Gasteiger partial charge in [-0.3, -0.25) is 0 Å². The van der Waals surface area contributed by atoms with Crippen LogP contribution in [0.2, 0.25) is 0 Å². The molecule has 0 spiro atoms. The molecule has 0 radical (unpaired) electrons. The number of benzene rings is 2. The highest BCUT2D eigenvalue weighted by Crippen LogP contribution is 2.34. The second kappa shape index (κ2) is 4.37. The van der Waals surface area contributed by atoms with Gasteiger partial charge in [-0.15, -0.1) is 0 Å². The van der Waals surface area contributed by atoms with Gasteiger partial charge >= 0.3 is 0 Å². The molecule has 0 bridgehead atoms. The van der Waals surface area contributed by atoms with Crippen LogP contribution < -0.4 is 0 Å². The van der Waals surface area contributed by atoms with Gasteiger partial charge in [0.1, 0.15) is 11.5 Å². The van der Waals surface area contributed by atoms with Crippen molar-refractivity contribution in [3.63, 3.8) is 0 Å². The van der Waals surface area contributed by atoms with Crippen molar-refractivity contribution in [1.29, 1.82) is 0 Å². The summed E-state index contributed by atoms with van der Waals surface area (Å²) in [5.74, 6) is 0.584. The highest BCUT2D eigenvalue weighted by atomic mass is 16.3. The van der Waals surface area contributed by atoms with E-state index >= 15 is 0 Å². The third-order valence-corrected chi connectivity index (χ3v) is 3.52.